The first-order valence-corrected chi connectivity index (χ1v) is 15.1. The van der Waals surface area contributed by atoms with Crippen LogP contribution >= 0.6 is 0 Å². The zero-order chi connectivity index (χ0) is 29.6. The van der Waals surface area contributed by atoms with Crippen molar-refractivity contribution in [3.63, 3.8) is 0 Å². The fraction of sp³-hybridized carbons (Fsp3) is 0.306. The highest BCUT2D eigenvalue weighted by Gasteiger charge is 2.57. The third kappa shape index (κ3) is 4.04. The number of carbonyl (C=O) groups excluding carboxylic acids is 1. The van der Waals surface area contributed by atoms with Gasteiger partial charge in [-0.2, -0.15) is 0 Å². The average molecular weight is 561 g/mol. The molecule has 0 unspecified atom stereocenters. The number of amides is 1. The molecule has 2 heterocycles. The van der Waals surface area contributed by atoms with Crippen LogP contribution in [0.4, 0.5) is 22.7 Å². The van der Waals surface area contributed by atoms with E-state index in [0.29, 0.717) is 5.56 Å². The summed E-state index contributed by atoms with van der Waals surface area (Å²) >= 11 is 0. The van der Waals surface area contributed by atoms with Gasteiger partial charge >= 0.3 is 0 Å². The van der Waals surface area contributed by atoms with E-state index in [1.54, 1.807) is 0 Å². The Balaban J connectivity index is 1.68. The molecule has 1 spiro atoms. The molecule has 2 aliphatic rings. The number of fused-ring (bicyclic) bond motifs is 6. The van der Waals surface area contributed by atoms with Gasteiger partial charge in [-0.1, -0.05) is 30.3 Å². The van der Waals surface area contributed by atoms with Crippen LogP contribution in [0.3, 0.4) is 0 Å². The summed E-state index contributed by atoms with van der Waals surface area (Å²) in [6, 6.07) is 29.3. The van der Waals surface area contributed by atoms with Crippen molar-refractivity contribution in [3.05, 3.63) is 107 Å². The molecule has 216 valence electrons. The maximum Gasteiger partial charge on any atom is 0.260 e. The van der Waals surface area contributed by atoms with Crippen molar-refractivity contribution in [3.8, 4) is 11.5 Å². The van der Waals surface area contributed by atoms with Crippen molar-refractivity contribution in [1.82, 2.24) is 0 Å². The van der Waals surface area contributed by atoms with E-state index in [2.05, 4.69) is 109 Å². The number of benzene rings is 4. The predicted molar refractivity (Wildman–Crippen MR) is 174 cm³/mol. The lowest BCUT2D eigenvalue weighted by molar-refractivity contribution is 0.0985. The molecule has 0 bridgehead atoms. The molecule has 0 saturated heterocycles. The lowest BCUT2D eigenvalue weighted by atomic mass is 9.74. The van der Waals surface area contributed by atoms with Crippen LogP contribution in [0, 0.1) is 0 Å². The quantitative estimate of drug-likeness (QED) is 0.223. The maximum atomic E-state index is 14.5. The van der Waals surface area contributed by atoms with Crippen LogP contribution in [0.1, 0.15) is 54.7 Å². The Morgan fingerprint density at radius 1 is 0.643 bits per heavy atom. The molecule has 0 N–H and O–H groups in total. The zero-order valence-corrected chi connectivity index (χ0v) is 25.5. The summed E-state index contributed by atoms with van der Waals surface area (Å²) in [7, 11) is 4.05. The van der Waals surface area contributed by atoms with Gasteiger partial charge in [-0.05, 0) is 70.2 Å². The predicted octanol–water partition coefficient (Wildman–Crippen LogP) is 7.50. The Morgan fingerprint density at radius 3 is 1.64 bits per heavy atom. The highest BCUT2D eigenvalue weighted by molar-refractivity contribution is 6.14. The van der Waals surface area contributed by atoms with Gasteiger partial charge in [0.25, 0.3) is 5.91 Å². The van der Waals surface area contributed by atoms with Crippen LogP contribution in [-0.4, -0.2) is 46.2 Å². The minimum Gasteiger partial charge on any atom is -0.456 e. The van der Waals surface area contributed by atoms with E-state index in [1.165, 1.54) is 0 Å². The SMILES string of the molecule is CCN(CC)c1ccc2c(c1)Oc1cc(N(CC)CC)ccc1C21c2ccccc2C(=O)N1c1ccc(N(C)C)cc1. The summed E-state index contributed by atoms with van der Waals surface area (Å²) in [5.74, 6) is 1.55. The van der Waals surface area contributed by atoms with E-state index in [-0.39, 0.29) is 5.91 Å². The van der Waals surface area contributed by atoms with Crippen LogP contribution in [0.25, 0.3) is 0 Å². The van der Waals surface area contributed by atoms with Gasteiger partial charge in [0, 0.05) is 97.4 Å². The molecule has 4 aromatic carbocycles. The van der Waals surface area contributed by atoms with Crippen molar-refractivity contribution in [2.75, 3.05) is 59.9 Å². The molecule has 2 aliphatic heterocycles. The minimum absolute atomic E-state index is 0.0114. The Hall–Kier alpha value is -4.45. The topological polar surface area (TPSA) is 39.3 Å². The van der Waals surface area contributed by atoms with Crippen LogP contribution in [0.15, 0.2) is 84.9 Å². The summed E-state index contributed by atoms with van der Waals surface area (Å²) in [4.78, 5) is 23.2. The molecule has 0 atom stereocenters. The molecular formula is C36H40N4O2. The number of hydrogen-bond donors (Lipinski definition) is 0. The van der Waals surface area contributed by atoms with Gasteiger partial charge in [-0.3, -0.25) is 9.69 Å². The number of carbonyl (C=O) groups is 1. The molecule has 42 heavy (non-hydrogen) atoms. The summed E-state index contributed by atoms with van der Waals surface area (Å²) in [5, 5.41) is 0. The Morgan fingerprint density at radius 2 is 1.14 bits per heavy atom. The first-order valence-electron chi connectivity index (χ1n) is 15.1. The van der Waals surface area contributed by atoms with Crippen LogP contribution in [0.2, 0.25) is 0 Å². The van der Waals surface area contributed by atoms with Crippen LogP contribution in [-0.2, 0) is 5.54 Å². The van der Waals surface area contributed by atoms with Crippen LogP contribution < -0.4 is 24.3 Å². The molecule has 6 heteroatoms. The number of hydrogen-bond acceptors (Lipinski definition) is 5. The second-order valence-electron chi connectivity index (χ2n) is 11.1. The molecule has 6 nitrogen and oxygen atoms in total. The summed E-state index contributed by atoms with van der Waals surface area (Å²) in [5.41, 5.74) is 6.89. The van der Waals surface area contributed by atoms with Gasteiger partial charge in [0.15, 0.2) is 0 Å². The molecule has 1 amide bonds. The fourth-order valence-electron chi connectivity index (χ4n) is 6.74. The summed E-state index contributed by atoms with van der Waals surface area (Å²) < 4.78 is 6.81. The molecular weight excluding hydrogens is 520 g/mol. The lowest BCUT2D eigenvalue weighted by Crippen LogP contribution is -2.47. The van der Waals surface area contributed by atoms with Gasteiger partial charge in [-0.15, -0.1) is 0 Å². The molecule has 6 rings (SSSR count). The zero-order valence-electron chi connectivity index (χ0n) is 25.5. The number of ether oxygens (including phenoxy) is 1. The van der Waals surface area contributed by atoms with E-state index in [0.717, 1.165) is 77.1 Å². The van der Waals surface area contributed by atoms with Crippen molar-refractivity contribution in [2.45, 2.75) is 33.2 Å². The smallest absolute Gasteiger partial charge is 0.260 e. The molecule has 0 aromatic heterocycles. The Kier molecular flexibility index (Phi) is 7.09. The fourth-order valence-corrected chi connectivity index (χ4v) is 6.74. The number of rotatable bonds is 8. The minimum atomic E-state index is -0.889. The molecule has 0 fully saturated rings. The second-order valence-corrected chi connectivity index (χ2v) is 11.1. The lowest BCUT2D eigenvalue weighted by Gasteiger charge is -2.44. The second kappa shape index (κ2) is 10.8. The monoisotopic (exact) mass is 560 g/mol. The molecule has 0 saturated carbocycles. The van der Waals surface area contributed by atoms with Crippen molar-refractivity contribution >= 4 is 28.7 Å². The maximum absolute atomic E-state index is 14.5. The van der Waals surface area contributed by atoms with Crippen LogP contribution in [0.5, 0.6) is 11.5 Å². The highest BCUT2D eigenvalue weighted by atomic mass is 16.5. The normalized spacial score (nSPS) is 14.2. The Labute approximate surface area is 249 Å². The molecule has 0 aliphatic carbocycles. The summed E-state index contributed by atoms with van der Waals surface area (Å²) in [6.07, 6.45) is 0. The largest absolute Gasteiger partial charge is 0.456 e. The van der Waals surface area contributed by atoms with Gasteiger partial charge in [-0.25, -0.2) is 0 Å². The van der Waals surface area contributed by atoms with E-state index in [4.69, 9.17) is 4.74 Å². The molecule has 4 aromatic rings. The van der Waals surface area contributed by atoms with Gasteiger partial charge in [0.05, 0.1) is 0 Å². The van der Waals surface area contributed by atoms with Gasteiger partial charge < -0.3 is 19.4 Å². The van der Waals surface area contributed by atoms with Gasteiger partial charge in [0.1, 0.15) is 17.0 Å². The molecule has 0 radical (unpaired) electrons. The van der Waals surface area contributed by atoms with Crippen molar-refractivity contribution in [1.29, 1.82) is 0 Å². The number of anilines is 4. The van der Waals surface area contributed by atoms with Gasteiger partial charge in [0.2, 0.25) is 0 Å². The first-order chi connectivity index (χ1) is 20.4. The Bertz CT molecular complexity index is 1560. The number of nitrogens with zero attached hydrogens (tertiary/aromatic N) is 4. The average Bonchev–Trinajstić information content (AvgIpc) is 3.27. The standard InChI is InChI=1S/C36H40N4O2/c1-7-38(8-2)27-19-21-31-33(23-27)42-34-24-28(39(9-3)10-4)20-22-32(34)36(31)30-14-12-11-13-29(30)35(41)40(36)26-17-15-25(16-18-26)37(5)6/h11-24H,7-10H2,1-6H3. The third-order valence-corrected chi connectivity index (χ3v) is 8.90. The highest BCUT2D eigenvalue weighted by Crippen LogP contribution is 2.59. The van der Waals surface area contributed by atoms with Crippen molar-refractivity contribution in [2.24, 2.45) is 0 Å². The van der Waals surface area contributed by atoms with E-state index >= 15 is 0 Å². The van der Waals surface area contributed by atoms with E-state index in [9.17, 15) is 4.79 Å². The van der Waals surface area contributed by atoms with Crippen molar-refractivity contribution < 1.29 is 9.53 Å². The third-order valence-electron chi connectivity index (χ3n) is 8.90. The van der Waals surface area contributed by atoms with E-state index in [1.807, 2.05) is 37.2 Å². The summed E-state index contributed by atoms with van der Waals surface area (Å²) in [6.45, 7) is 12.3. The van der Waals surface area contributed by atoms with E-state index < -0.39 is 5.54 Å². The first kappa shape index (κ1) is 27.7.